The van der Waals surface area contributed by atoms with Gasteiger partial charge in [0.2, 0.25) is 0 Å². The van der Waals surface area contributed by atoms with Gasteiger partial charge < -0.3 is 15.0 Å². The smallest absolute Gasteiger partial charge is 0.357 e. The van der Waals surface area contributed by atoms with Gasteiger partial charge in [0.1, 0.15) is 0 Å². The molecule has 0 aliphatic heterocycles. The molecule has 1 rings (SSSR count). The number of carbonyl (C=O) groups is 1. The lowest BCUT2D eigenvalue weighted by atomic mass is 10.3. The number of anilines is 1. The van der Waals surface area contributed by atoms with Crippen LogP contribution in [0.3, 0.4) is 0 Å². The molecule has 1 aromatic rings. The van der Waals surface area contributed by atoms with Crippen LogP contribution in [0.15, 0.2) is 5.38 Å². The molecule has 0 atom stereocenters. The molecular weight excluding hydrogens is 250 g/mol. The maximum atomic E-state index is 11.4. The van der Waals surface area contributed by atoms with Crippen LogP contribution in [0.4, 0.5) is 5.13 Å². The number of esters is 1. The third-order valence-electron chi connectivity index (χ3n) is 2.61. The maximum Gasteiger partial charge on any atom is 0.357 e. The zero-order chi connectivity index (χ0) is 13.5. The summed E-state index contributed by atoms with van der Waals surface area (Å²) in [6.45, 7) is 8.21. The Kier molecular flexibility index (Phi) is 6.07. The van der Waals surface area contributed by atoms with Gasteiger partial charge in [-0.15, -0.1) is 11.3 Å². The van der Waals surface area contributed by atoms with Gasteiger partial charge in [0, 0.05) is 24.5 Å². The van der Waals surface area contributed by atoms with Crippen LogP contribution < -0.4 is 5.32 Å². The van der Waals surface area contributed by atoms with Crippen molar-refractivity contribution in [3.8, 4) is 0 Å². The number of nitrogens with one attached hydrogen (secondary N) is 1. The van der Waals surface area contributed by atoms with Gasteiger partial charge in [-0.3, -0.25) is 0 Å². The molecule has 102 valence electrons. The number of aromatic nitrogens is 1. The van der Waals surface area contributed by atoms with Crippen LogP contribution in [0.25, 0.3) is 0 Å². The molecule has 0 aliphatic carbocycles. The molecule has 0 saturated carbocycles. The summed E-state index contributed by atoms with van der Waals surface area (Å²) in [5.41, 5.74) is 0.376. The molecule has 0 aliphatic rings. The minimum absolute atomic E-state index is 0.360. The molecule has 0 bridgehead atoms. The Morgan fingerprint density at radius 2 is 2.33 bits per heavy atom. The average molecular weight is 271 g/mol. The van der Waals surface area contributed by atoms with Gasteiger partial charge in [-0.05, 0) is 27.8 Å². The Labute approximate surface area is 112 Å². The number of hydrogen-bond donors (Lipinski definition) is 1. The van der Waals surface area contributed by atoms with E-state index in [2.05, 4.69) is 36.1 Å². The molecule has 1 heterocycles. The summed E-state index contributed by atoms with van der Waals surface area (Å²) in [5.74, 6) is -0.360. The molecule has 1 aromatic heterocycles. The van der Waals surface area contributed by atoms with Crippen LogP contribution in [0.5, 0.6) is 0 Å². The van der Waals surface area contributed by atoms with Crippen molar-refractivity contribution in [1.29, 1.82) is 0 Å². The second-order valence-corrected chi connectivity index (χ2v) is 5.12. The van der Waals surface area contributed by atoms with Crippen LogP contribution in [-0.2, 0) is 4.74 Å². The van der Waals surface area contributed by atoms with E-state index in [0.29, 0.717) is 18.3 Å². The highest BCUT2D eigenvalue weighted by Gasteiger charge is 2.11. The van der Waals surface area contributed by atoms with Crippen molar-refractivity contribution < 1.29 is 9.53 Å². The fourth-order valence-corrected chi connectivity index (χ4v) is 1.96. The third-order valence-corrected chi connectivity index (χ3v) is 3.41. The Bertz CT molecular complexity index is 379. The van der Waals surface area contributed by atoms with Crippen molar-refractivity contribution in [2.45, 2.75) is 26.8 Å². The molecule has 6 heteroatoms. The van der Waals surface area contributed by atoms with E-state index >= 15 is 0 Å². The number of nitrogens with zero attached hydrogens (tertiary/aromatic N) is 2. The van der Waals surface area contributed by atoms with Crippen LogP contribution in [0, 0.1) is 0 Å². The summed E-state index contributed by atoms with van der Waals surface area (Å²) in [6.07, 6.45) is 0. The first-order chi connectivity index (χ1) is 8.54. The molecule has 0 saturated heterocycles. The van der Waals surface area contributed by atoms with Gasteiger partial charge in [0.25, 0.3) is 0 Å². The Balaban J connectivity index is 2.38. The number of carbonyl (C=O) groups excluding carboxylic acids is 1. The highest BCUT2D eigenvalue weighted by atomic mass is 32.1. The molecule has 0 amide bonds. The fourth-order valence-electron chi connectivity index (χ4n) is 1.25. The van der Waals surface area contributed by atoms with E-state index in [1.54, 1.807) is 12.3 Å². The van der Waals surface area contributed by atoms with Crippen molar-refractivity contribution in [3.05, 3.63) is 11.1 Å². The highest BCUT2D eigenvalue weighted by molar-refractivity contribution is 7.13. The molecule has 0 aromatic carbocycles. The van der Waals surface area contributed by atoms with E-state index < -0.39 is 0 Å². The summed E-state index contributed by atoms with van der Waals surface area (Å²) in [6, 6.07) is 0.526. The minimum Gasteiger partial charge on any atom is -0.461 e. The van der Waals surface area contributed by atoms with Gasteiger partial charge in [0.15, 0.2) is 10.8 Å². The minimum atomic E-state index is -0.360. The predicted octanol–water partition coefficient (Wildman–Crippen LogP) is 2.07. The van der Waals surface area contributed by atoms with E-state index in [1.165, 1.54) is 11.3 Å². The second kappa shape index (κ2) is 7.33. The zero-order valence-corrected chi connectivity index (χ0v) is 12.2. The largest absolute Gasteiger partial charge is 0.461 e. The normalized spacial score (nSPS) is 11.0. The summed E-state index contributed by atoms with van der Waals surface area (Å²) in [5, 5.41) is 5.68. The van der Waals surface area contributed by atoms with Crippen molar-refractivity contribution in [2.75, 3.05) is 32.1 Å². The molecule has 0 unspecified atom stereocenters. The average Bonchev–Trinajstić information content (AvgIpc) is 2.78. The number of thiazole rings is 1. The number of rotatable bonds is 7. The first-order valence-electron chi connectivity index (χ1n) is 6.11. The number of ether oxygens (including phenoxy) is 1. The van der Waals surface area contributed by atoms with Crippen molar-refractivity contribution in [1.82, 2.24) is 9.88 Å². The zero-order valence-electron chi connectivity index (χ0n) is 11.4. The third kappa shape index (κ3) is 4.62. The van der Waals surface area contributed by atoms with Crippen LogP contribution >= 0.6 is 11.3 Å². The number of likely N-dealkylation sites (N-methyl/N-ethyl adjacent to an activating group) is 1. The molecule has 5 nitrogen and oxygen atoms in total. The molecule has 18 heavy (non-hydrogen) atoms. The molecular formula is C12H21N3O2S. The Morgan fingerprint density at radius 1 is 1.61 bits per heavy atom. The Morgan fingerprint density at radius 3 is 2.94 bits per heavy atom. The fraction of sp³-hybridized carbons (Fsp3) is 0.667. The summed E-state index contributed by atoms with van der Waals surface area (Å²) in [4.78, 5) is 17.8. The van der Waals surface area contributed by atoms with Gasteiger partial charge in [-0.25, -0.2) is 9.78 Å². The van der Waals surface area contributed by atoms with E-state index in [-0.39, 0.29) is 5.97 Å². The predicted molar refractivity (Wildman–Crippen MR) is 74.3 cm³/mol. The van der Waals surface area contributed by atoms with Gasteiger partial charge in [-0.2, -0.15) is 0 Å². The van der Waals surface area contributed by atoms with E-state index in [4.69, 9.17) is 4.74 Å². The lowest BCUT2D eigenvalue weighted by molar-refractivity contribution is 0.0520. The SMILES string of the molecule is CCOC(=O)c1csc(NCCN(C)C(C)C)n1. The molecule has 0 spiro atoms. The molecule has 0 fully saturated rings. The van der Waals surface area contributed by atoms with Crippen molar-refractivity contribution in [2.24, 2.45) is 0 Å². The standard InChI is InChI=1S/C12H21N3O2S/c1-5-17-11(16)10-8-18-12(14-10)13-6-7-15(4)9(2)3/h8-9H,5-7H2,1-4H3,(H,13,14). The first kappa shape index (κ1) is 14.9. The quantitative estimate of drug-likeness (QED) is 0.769. The van der Waals surface area contributed by atoms with Gasteiger partial charge in [-0.1, -0.05) is 0 Å². The van der Waals surface area contributed by atoms with Crippen LogP contribution in [-0.4, -0.2) is 48.6 Å². The van der Waals surface area contributed by atoms with E-state index in [0.717, 1.165) is 18.2 Å². The summed E-state index contributed by atoms with van der Waals surface area (Å²) in [7, 11) is 2.08. The first-order valence-corrected chi connectivity index (χ1v) is 6.99. The number of hydrogen-bond acceptors (Lipinski definition) is 6. The van der Waals surface area contributed by atoms with E-state index in [1.807, 2.05) is 0 Å². The second-order valence-electron chi connectivity index (χ2n) is 4.26. The lowest BCUT2D eigenvalue weighted by Crippen LogP contribution is -2.31. The molecule has 0 radical (unpaired) electrons. The van der Waals surface area contributed by atoms with E-state index in [9.17, 15) is 4.79 Å². The van der Waals surface area contributed by atoms with Crippen molar-refractivity contribution >= 4 is 22.4 Å². The van der Waals surface area contributed by atoms with Crippen LogP contribution in [0.1, 0.15) is 31.3 Å². The molecule has 1 N–H and O–H groups in total. The monoisotopic (exact) mass is 271 g/mol. The Hall–Kier alpha value is -1.14. The highest BCUT2D eigenvalue weighted by Crippen LogP contribution is 2.15. The maximum absolute atomic E-state index is 11.4. The van der Waals surface area contributed by atoms with Crippen molar-refractivity contribution in [3.63, 3.8) is 0 Å². The summed E-state index contributed by atoms with van der Waals surface area (Å²) >= 11 is 1.42. The topological polar surface area (TPSA) is 54.5 Å². The van der Waals surface area contributed by atoms with Gasteiger partial charge in [0.05, 0.1) is 6.61 Å². The van der Waals surface area contributed by atoms with Gasteiger partial charge >= 0.3 is 5.97 Å². The lowest BCUT2D eigenvalue weighted by Gasteiger charge is -2.20. The summed E-state index contributed by atoms with van der Waals surface area (Å²) < 4.78 is 4.88. The van der Waals surface area contributed by atoms with Crippen LogP contribution in [0.2, 0.25) is 0 Å².